The highest BCUT2D eigenvalue weighted by molar-refractivity contribution is 6.07. The average Bonchev–Trinajstić information content (AvgIpc) is 2.68. The first-order valence-electron chi connectivity index (χ1n) is 9.54. The van der Waals surface area contributed by atoms with Crippen LogP contribution in [0.4, 0.5) is 0 Å². The van der Waals surface area contributed by atoms with E-state index in [9.17, 15) is 15.0 Å². The molecule has 0 saturated carbocycles. The van der Waals surface area contributed by atoms with Crippen LogP contribution >= 0.6 is 0 Å². The van der Waals surface area contributed by atoms with Crippen LogP contribution in [0.1, 0.15) is 60.7 Å². The van der Waals surface area contributed by atoms with E-state index in [0.29, 0.717) is 47.5 Å². The molecule has 4 nitrogen and oxygen atoms in total. The molecule has 0 heterocycles. The predicted molar refractivity (Wildman–Crippen MR) is 109 cm³/mol. The summed E-state index contributed by atoms with van der Waals surface area (Å²) >= 11 is 0. The molecule has 0 fully saturated rings. The van der Waals surface area contributed by atoms with E-state index in [4.69, 9.17) is 4.74 Å². The topological polar surface area (TPSA) is 66.8 Å². The quantitative estimate of drug-likeness (QED) is 0.466. The van der Waals surface area contributed by atoms with Gasteiger partial charge in [-0.15, -0.1) is 0 Å². The summed E-state index contributed by atoms with van der Waals surface area (Å²) in [5.41, 5.74) is 2.22. The van der Waals surface area contributed by atoms with Gasteiger partial charge in [0.2, 0.25) is 0 Å². The van der Waals surface area contributed by atoms with Crippen molar-refractivity contribution in [3.8, 4) is 17.2 Å². The molecule has 0 radical (unpaired) electrons. The first-order valence-corrected chi connectivity index (χ1v) is 9.54. The summed E-state index contributed by atoms with van der Waals surface area (Å²) in [6, 6.07) is 8.97. The number of benzene rings is 2. The number of carbonyl (C=O) groups is 1. The fraction of sp³-hybridized carbons (Fsp3) is 0.348. The summed E-state index contributed by atoms with van der Waals surface area (Å²) in [6.45, 7) is 6.27. The van der Waals surface area contributed by atoms with Crippen molar-refractivity contribution in [2.45, 2.75) is 46.5 Å². The summed E-state index contributed by atoms with van der Waals surface area (Å²) < 4.78 is 5.77. The van der Waals surface area contributed by atoms with Gasteiger partial charge < -0.3 is 14.9 Å². The molecule has 4 heteroatoms. The molecule has 0 bridgehead atoms. The smallest absolute Gasteiger partial charge is 0.185 e. The van der Waals surface area contributed by atoms with E-state index >= 15 is 0 Å². The Balaban J connectivity index is 2.58. The Kier molecular flexibility index (Phi) is 7.47. The van der Waals surface area contributed by atoms with Crippen molar-refractivity contribution in [1.82, 2.24) is 0 Å². The molecule has 2 aromatic carbocycles. The number of carbonyl (C=O) groups excluding carboxylic acids is 1. The lowest BCUT2D eigenvalue weighted by atomic mass is 9.94. The Morgan fingerprint density at radius 1 is 0.963 bits per heavy atom. The van der Waals surface area contributed by atoms with E-state index in [-0.39, 0.29) is 17.3 Å². The lowest BCUT2D eigenvalue weighted by molar-refractivity contribution is 0.104. The zero-order chi connectivity index (χ0) is 19.8. The van der Waals surface area contributed by atoms with Gasteiger partial charge in [-0.3, -0.25) is 4.79 Å². The molecule has 0 aromatic heterocycles. The third-order valence-electron chi connectivity index (χ3n) is 4.38. The van der Waals surface area contributed by atoms with Gasteiger partial charge in [-0.05, 0) is 31.9 Å². The molecule has 0 aliphatic rings. The molecule has 0 saturated heterocycles. The van der Waals surface area contributed by atoms with Crippen molar-refractivity contribution in [2.75, 3.05) is 6.61 Å². The number of hydrogen-bond acceptors (Lipinski definition) is 4. The van der Waals surface area contributed by atoms with E-state index in [1.165, 1.54) is 6.08 Å². The molecule has 0 spiro atoms. The molecule has 2 N–H and O–H groups in total. The minimum Gasteiger partial charge on any atom is -0.507 e. The van der Waals surface area contributed by atoms with Gasteiger partial charge in [0.05, 0.1) is 12.2 Å². The minimum atomic E-state index is -0.153. The third kappa shape index (κ3) is 4.70. The van der Waals surface area contributed by atoms with Crippen LogP contribution in [0.15, 0.2) is 36.4 Å². The summed E-state index contributed by atoms with van der Waals surface area (Å²) in [7, 11) is 0. The molecule has 0 unspecified atom stereocenters. The van der Waals surface area contributed by atoms with Crippen molar-refractivity contribution >= 4 is 11.9 Å². The summed E-state index contributed by atoms with van der Waals surface area (Å²) in [5.74, 6) is 0.381. The van der Waals surface area contributed by atoms with Crippen LogP contribution in [0.2, 0.25) is 0 Å². The molecular weight excluding hydrogens is 340 g/mol. The molecule has 0 aliphatic carbocycles. The van der Waals surface area contributed by atoms with Gasteiger partial charge in [-0.2, -0.15) is 0 Å². The number of ether oxygens (including phenoxy) is 1. The fourth-order valence-electron chi connectivity index (χ4n) is 3.12. The highest BCUT2D eigenvalue weighted by atomic mass is 16.5. The van der Waals surface area contributed by atoms with Crippen molar-refractivity contribution in [1.29, 1.82) is 0 Å². The summed E-state index contributed by atoms with van der Waals surface area (Å²) in [6.07, 6.45) is 5.82. The number of rotatable bonds is 9. The van der Waals surface area contributed by atoms with Crippen LogP contribution in [0.5, 0.6) is 17.2 Å². The number of hydrogen-bond donors (Lipinski definition) is 2. The lowest BCUT2D eigenvalue weighted by Crippen LogP contribution is -2.03. The lowest BCUT2D eigenvalue weighted by Gasteiger charge is -2.19. The minimum absolute atomic E-state index is 0.0187. The number of allylic oxidation sites excluding steroid dienone is 1. The van der Waals surface area contributed by atoms with Crippen LogP contribution in [0.3, 0.4) is 0 Å². The Labute approximate surface area is 161 Å². The maximum Gasteiger partial charge on any atom is 0.185 e. The van der Waals surface area contributed by atoms with Crippen molar-refractivity contribution in [3.63, 3.8) is 0 Å². The maximum atomic E-state index is 12.4. The molecule has 27 heavy (non-hydrogen) atoms. The van der Waals surface area contributed by atoms with E-state index < -0.39 is 0 Å². The number of aromatic hydroxyl groups is 2. The Hall–Kier alpha value is -2.75. The van der Waals surface area contributed by atoms with Crippen molar-refractivity contribution in [3.05, 3.63) is 58.7 Å². The van der Waals surface area contributed by atoms with Crippen molar-refractivity contribution < 1.29 is 19.7 Å². The molecule has 0 atom stereocenters. The second-order valence-electron chi connectivity index (χ2n) is 6.39. The largest absolute Gasteiger partial charge is 0.507 e. The van der Waals surface area contributed by atoms with Gasteiger partial charge in [0.1, 0.15) is 17.2 Å². The molecule has 2 aromatic rings. The normalized spacial score (nSPS) is 11.1. The SMILES string of the molecule is CCCc1c(O)c(/C=C/C(=O)c2ccccc2)c(OCC)c(CCC)c1O. The Morgan fingerprint density at radius 3 is 2.19 bits per heavy atom. The maximum absolute atomic E-state index is 12.4. The van der Waals surface area contributed by atoms with E-state index in [2.05, 4.69) is 0 Å². The van der Waals surface area contributed by atoms with Gasteiger partial charge in [0.25, 0.3) is 0 Å². The highest BCUT2D eigenvalue weighted by Gasteiger charge is 2.22. The highest BCUT2D eigenvalue weighted by Crippen LogP contribution is 2.44. The fourth-order valence-corrected chi connectivity index (χ4v) is 3.12. The summed E-state index contributed by atoms with van der Waals surface area (Å²) in [5, 5.41) is 21.5. The zero-order valence-corrected chi connectivity index (χ0v) is 16.3. The number of phenolic OH excluding ortho intramolecular Hbond substituents is 2. The molecule has 2 rings (SSSR count). The van der Waals surface area contributed by atoms with Gasteiger partial charge in [0, 0.05) is 16.7 Å². The van der Waals surface area contributed by atoms with Gasteiger partial charge in [0.15, 0.2) is 5.78 Å². The molecule has 144 valence electrons. The van der Waals surface area contributed by atoms with Crippen LogP contribution in [0, 0.1) is 0 Å². The van der Waals surface area contributed by atoms with Gasteiger partial charge in [-0.1, -0.05) is 57.0 Å². The Morgan fingerprint density at radius 2 is 1.59 bits per heavy atom. The number of phenols is 2. The van der Waals surface area contributed by atoms with Crippen LogP contribution < -0.4 is 4.74 Å². The number of ketones is 1. The molecular formula is C23H28O4. The van der Waals surface area contributed by atoms with Crippen LogP contribution in [0.25, 0.3) is 6.08 Å². The van der Waals surface area contributed by atoms with Gasteiger partial charge >= 0.3 is 0 Å². The third-order valence-corrected chi connectivity index (χ3v) is 4.38. The second kappa shape index (κ2) is 9.81. The predicted octanol–water partition coefficient (Wildman–Crippen LogP) is 5.30. The van der Waals surface area contributed by atoms with Crippen molar-refractivity contribution in [2.24, 2.45) is 0 Å². The Bertz CT molecular complexity index is 807. The standard InChI is InChI=1S/C23H28O4/c1-4-10-17-21(25)18(11-5-2)23(27-6-3)19(22(17)26)14-15-20(24)16-12-8-7-9-13-16/h7-9,12-15,25-26H,4-6,10-11H2,1-3H3/b15-14+. The zero-order valence-electron chi connectivity index (χ0n) is 16.3. The van der Waals surface area contributed by atoms with E-state index in [0.717, 1.165) is 12.8 Å². The average molecular weight is 368 g/mol. The molecule has 0 amide bonds. The van der Waals surface area contributed by atoms with E-state index in [1.807, 2.05) is 39.0 Å². The van der Waals surface area contributed by atoms with E-state index in [1.54, 1.807) is 18.2 Å². The molecule has 0 aliphatic heterocycles. The second-order valence-corrected chi connectivity index (χ2v) is 6.39. The monoisotopic (exact) mass is 368 g/mol. The first-order chi connectivity index (χ1) is 13.0. The van der Waals surface area contributed by atoms with Crippen LogP contribution in [-0.4, -0.2) is 22.6 Å². The summed E-state index contributed by atoms with van der Waals surface area (Å²) in [4.78, 5) is 12.4. The first kappa shape index (κ1) is 20.6. The van der Waals surface area contributed by atoms with Crippen LogP contribution in [-0.2, 0) is 12.8 Å². The van der Waals surface area contributed by atoms with Gasteiger partial charge in [-0.25, -0.2) is 0 Å².